The van der Waals surface area contributed by atoms with E-state index in [-0.39, 0.29) is 17.2 Å². The molecular weight excluding hydrogens is 453 g/mol. The lowest BCUT2D eigenvalue weighted by atomic mass is 10.2. The summed E-state index contributed by atoms with van der Waals surface area (Å²) in [6.45, 7) is 3.64. The van der Waals surface area contributed by atoms with E-state index in [0.717, 1.165) is 5.56 Å². The zero-order chi connectivity index (χ0) is 23.8. The van der Waals surface area contributed by atoms with Crippen molar-refractivity contribution in [3.05, 3.63) is 94.5 Å². The minimum absolute atomic E-state index is 0.116. The predicted molar refractivity (Wildman–Crippen MR) is 131 cm³/mol. The van der Waals surface area contributed by atoms with E-state index in [1.807, 2.05) is 43.3 Å². The second kappa shape index (κ2) is 8.75. The first kappa shape index (κ1) is 21.8. The molecule has 1 unspecified atom stereocenters. The molecular formula is C25H20FN5O2S. The van der Waals surface area contributed by atoms with Crippen molar-refractivity contribution in [2.24, 2.45) is 0 Å². The van der Waals surface area contributed by atoms with Crippen molar-refractivity contribution in [3.63, 3.8) is 0 Å². The molecule has 2 heterocycles. The Balaban J connectivity index is 1.61. The lowest BCUT2D eigenvalue weighted by Gasteiger charge is -2.14. The topological polar surface area (TPSA) is 81.3 Å². The standard InChI is InChI=1S/C25H20FN5O2S/c1-15-9-3-7-13-20(15)30-23(33)17-10-4-8-14-21(17)31-24(30)28-29-25(31)34-16(2)22(32)27-19-12-6-5-11-18(19)26/h3-14,16H,1-2H3,(H,27,32). The molecule has 5 rings (SSSR count). The summed E-state index contributed by atoms with van der Waals surface area (Å²) in [6.07, 6.45) is 0. The Morgan fingerprint density at radius 1 is 1.00 bits per heavy atom. The van der Waals surface area contributed by atoms with Crippen LogP contribution in [-0.2, 0) is 4.79 Å². The number of nitrogens with zero attached hydrogens (tertiary/aromatic N) is 4. The number of hydrogen-bond donors (Lipinski definition) is 1. The number of aryl methyl sites for hydroxylation is 1. The van der Waals surface area contributed by atoms with Gasteiger partial charge in [0.05, 0.1) is 27.5 Å². The Morgan fingerprint density at radius 2 is 1.71 bits per heavy atom. The largest absolute Gasteiger partial charge is 0.323 e. The normalized spacial score (nSPS) is 12.2. The van der Waals surface area contributed by atoms with E-state index < -0.39 is 11.1 Å². The zero-order valence-corrected chi connectivity index (χ0v) is 19.2. The van der Waals surface area contributed by atoms with Crippen LogP contribution < -0.4 is 10.9 Å². The number of carbonyl (C=O) groups is 1. The Bertz CT molecular complexity index is 1610. The van der Waals surface area contributed by atoms with Gasteiger partial charge in [-0.2, -0.15) is 0 Å². The molecule has 0 aliphatic heterocycles. The van der Waals surface area contributed by atoms with Crippen LogP contribution in [0.2, 0.25) is 0 Å². The van der Waals surface area contributed by atoms with E-state index in [2.05, 4.69) is 15.5 Å². The summed E-state index contributed by atoms with van der Waals surface area (Å²) in [4.78, 5) is 26.2. The molecule has 0 aliphatic rings. The van der Waals surface area contributed by atoms with Crippen LogP contribution in [0, 0.1) is 12.7 Å². The third-order valence-corrected chi connectivity index (χ3v) is 6.58. The number of thioether (sulfide) groups is 1. The van der Waals surface area contributed by atoms with Gasteiger partial charge in [0.25, 0.3) is 5.56 Å². The van der Waals surface area contributed by atoms with Crippen LogP contribution in [0.1, 0.15) is 12.5 Å². The molecule has 0 fully saturated rings. The van der Waals surface area contributed by atoms with Crippen molar-refractivity contribution in [2.75, 3.05) is 5.32 Å². The van der Waals surface area contributed by atoms with Crippen molar-refractivity contribution in [3.8, 4) is 5.69 Å². The lowest BCUT2D eigenvalue weighted by Crippen LogP contribution is -2.24. The lowest BCUT2D eigenvalue weighted by molar-refractivity contribution is -0.115. The minimum Gasteiger partial charge on any atom is -0.323 e. The monoisotopic (exact) mass is 473 g/mol. The van der Waals surface area contributed by atoms with E-state index in [4.69, 9.17) is 0 Å². The molecule has 2 aromatic heterocycles. The maximum absolute atomic E-state index is 14.0. The van der Waals surface area contributed by atoms with E-state index in [1.54, 1.807) is 40.2 Å². The average Bonchev–Trinajstić information content (AvgIpc) is 3.25. The fourth-order valence-corrected chi connectivity index (χ4v) is 4.65. The maximum Gasteiger partial charge on any atom is 0.267 e. The molecule has 1 atom stereocenters. The number of halogens is 1. The van der Waals surface area contributed by atoms with Gasteiger partial charge in [0.2, 0.25) is 11.7 Å². The van der Waals surface area contributed by atoms with Gasteiger partial charge in [0, 0.05) is 0 Å². The molecule has 5 aromatic rings. The van der Waals surface area contributed by atoms with Gasteiger partial charge in [-0.25, -0.2) is 8.96 Å². The average molecular weight is 474 g/mol. The number of benzene rings is 3. The first-order chi connectivity index (χ1) is 16.5. The SMILES string of the molecule is Cc1ccccc1-n1c(=O)c2ccccc2n2c(SC(C)C(=O)Nc3ccccc3F)nnc12. The van der Waals surface area contributed by atoms with Gasteiger partial charge in [-0.15, -0.1) is 10.2 Å². The van der Waals surface area contributed by atoms with Crippen molar-refractivity contribution in [2.45, 2.75) is 24.3 Å². The zero-order valence-electron chi connectivity index (χ0n) is 18.4. The fourth-order valence-electron chi connectivity index (χ4n) is 3.80. The summed E-state index contributed by atoms with van der Waals surface area (Å²) >= 11 is 1.18. The number of carbonyl (C=O) groups excluding carboxylic acids is 1. The van der Waals surface area contributed by atoms with Crippen LogP contribution in [0.15, 0.2) is 82.7 Å². The first-order valence-corrected chi connectivity index (χ1v) is 11.5. The van der Waals surface area contributed by atoms with Crippen LogP contribution >= 0.6 is 11.8 Å². The third kappa shape index (κ3) is 3.73. The number of amides is 1. The summed E-state index contributed by atoms with van der Waals surface area (Å²) in [6, 6.07) is 20.8. The maximum atomic E-state index is 14.0. The van der Waals surface area contributed by atoms with Gasteiger partial charge in [0.15, 0.2) is 5.16 Å². The van der Waals surface area contributed by atoms with Gasteiger partial charge in [0.1, 0.15) is 5.82 Å². The Hall–Kier alpha value is -3.98. The molecule has 0 spiro atoms. The number of aromatic nitrogens is 4. The van der Waals surface area contributed by atoms with Crippen LogP contribution in [-0.4, -0.2) is 30.3 Å². The molecule has 1 amide bonds. The van der Waals surface area contributed by atoms with Crippen molar-refractivity contribution in [1.82, 2.24) is 19.2 Å². The number of nitrogens with one attached hydrogen (secondary N) is 1. The van der Waals surface area contributed by atoms with Gasteiger partial charge in [-0.3, -0.25) is 14.0 Å². The van der Waals surface area contributed by atoms with E-state index in [9.17, 15) is 14.0 Å². The van der Waals surface area contributed by atoms with Gasteiger partial charge >= 0.3 is 0 Å². The number of para-hydroxylation sites is 3. The first-order valence-electron chi connectivity index (χ1n) is 10.6. The Labute approximate surface area is 198 Å². The molecule has 9 heteroatoms. The molecule has 1 N–H and O–H groups in total. The quantitative estimate of drug-likeness (QED) is 0.377. The van der Waals surface area contributed by atoms with Crippen LogP contribution in [0.5, 0.6) is 0 Å². The van der Waals surface area contributed by atoms with E-state index >= 15 is 0 Å². The summed E-state index contributed by atoms with van der Waals surface area (Å²) in [5.41, 5.74) is 2.17. The summed E-state index contributed by atoms with van der Waals surface area (Å²) < 4.78 is 17.3. The minimum atomic E-state index is -0.607. The predicted octanol–water partition coefficient (Wildman–Crippen LogP) is 4.60. The number of hydrogen-bond acceptors (Lipinski definition) is 5. The molecule has 0 radical (unpaired) electrons. The highest BCUT2D eigenvalue weighted by atomic mass is 32.2. The smallest absolute Gasteiger partial charge is 0.267 e. The van der Waals surface area contributed by atoms with E-state index in [1.165, 1.54) is 23.9 Å². The molecule has 7 nitrogen and oxygen atoms in total. The van der Waals surface area contributed by atoms with Gasteiger partial charge in [-0.05, 0) is 49.7 Å². The Morgan fingerprint density at radius 3 is 2.50 bits per heavy atom. The Kier molecular flexibility index (Phi) is 5.62. The van der Waals surface area contributed by atoms with Crippen molar-refractivity contribution < 1.29 is 9.18 Å². The highest BCUT2D eigenvalue weighted by Crippen LogP contribution is 2.27. The van der Waals surface area contributed by atoms with Crippen LogP contribution in [0.4, 0.5) is 10.1 Å². The van der Waals surface area contributed by atoms with Crippen LogP contribution in [0.25, 0.3) is 22.4 Å². The fraction of sp³-hybridized carbons (Fsp3) is 0.120. The number of rotatable bonds is 5. The van der Waals surface area contributed by atoms with Gasteiger partial charge < -0.3 is 5.32 Å². The van der Waals surface area contributed by atoms with Crippen molar-refractivity contribution in [1.29, 1.82) is 0 Å². The molecule has 0 saturated heterocycles. The van der Waals surface area contributed by atoms with Gasteiger partial charge in [-0.1, -0.05) is 54.2 Å². The second-order valence-electron chi connectivity index (χ2n) is 7.79. The number of anilines is 1. The molecule has 34 heavy (non-hydrogen) atoms. The molecule has 0 bridgehead atoms. The highest BCUT2D eigenvalue weighted by Gasteiger charge is 2.23. The van der Waals surface area contributed by atoms with Crippen molar-refractivity contribution >= 4 is 40.0 Å². The summed E-state index contributed by atoms with van der Waals surface area (Å²) in [5.74, 6) is -0.528. The van der Waals surface area contributed by atoms with Crippen LogP contribution in [0.3, 0.4) is 0 Å². The molecule has 170 valence electrons. The molecule has 0 saturated carbocycles. The molecule has 3 aromatic carbocycles. The summed E-state index contributed by atoms with van der Waals surface area (Å²) in [7, 11) is 0. The highest BCUT2D eigenvalue weighted by molar-refractivity contribution is 8.00. The second-order valence-corrected chi connectivity index (χ2v) is 9.10. The third-order valence-electron chi connectivity index (χ3n) is 5.53. The van der Waals surface area contributed by atoms with E-state index in [0.29, 0.717) is 27.5 Å². The number of fused-ring (bicyclic) bond motifs is 3. The summed E-state index contributed by atoms with van der Waals surface area (Å²) in [5, 5.41) is 11.6. The molecule has 0 aliphatic carbocycles.